The van der Waals surface area contributed by atoms with Gasteiger partial charge in [0.1, 0.15) is 0 Å². The number of rotatable bonds is 6. The van der Waals surface area contributed by atoms with Crippen LogP contribution in [0.2, 0.25) is 5.02 Å². The van der Waals surface area contributed by atoms with Gasteiger partial charge in [0.15, 0.2) is 0 Å². The van der Waals surface area contributed by atoms with Gasteiger partial charge in [0.2, 0.25) is 11.8 Å². The van der Waals surface area contributed by atoms with Crippen LogP contribution in [0.3, 0.4) is 0 Å². The molecule has 2 aromatic heterocycles. The van der Waals surface area contributed by atoms with Crippen LogP contribution in [-0.4, -0.2) is 10.2 Å². The number of nitrogens with one attached hydrogen (secondary N) is 1. The van der Waals surface area contributed by atoms with Crippen LogP contribution in [0.1, 0.15) is 27.9 Å². The number of halogens is 1. The highest BCUT2D eigenvalue weighted by molar-refractivity contribution is 7.10. The minimum absolute atomic E-state index is 0.0801. The number of benzene rings is 2. The van der Waals surface area contributed by atoms with Gasteiger partial charge in [-0.1, -0.05) is 47.5 Å². The summed E-state index contributed by atoms with van der Waals surface area (Å²) in [5.74, 6) is 1.04. The van der Waals surface area contributed by atoms with E-state index >= 15 is 0 Å². The lowest BCUT2D eigenvalue weighted by molar-refractivity contribution is 0.463. The van der Waals surface area contributed by atoms with E-state index in [9.17, 15) is 0 Å². The van der Waals surface area contributed by atoms with Crippen molar-refractivity contribution >= 4 is 22.9 Å². The molecule has 0 unspecified atom stereocenters. The Morgan fingerprint density at radius 1 is 1.04 bits per heavy atom. The van der Waals surface area contributed by atoms with Gasteiger partial charge in [0.25, 0.3) is 0 Å². The Hall–Kier alpha value is -2.47. The summed E-state index contributed by atoms with van der Waals surface area (Å²) in [7, 11) is 0. The number of nitrogens with zero attached hydrogens (tertiary/aromatic N) is 2. The molecule has 27 heavy (non-hydrogen) atoms. The summed E-state index contributed by atoms with van der Waals surface area (Å²) >= 11 is 7.66. The molecule has 4 aromatic rings. The highest BCUT2D eigenvalue weighted by atomic mass is 35.5. The zero-order valence-corrected chi connectivity index (χ0v) is 16.3. The molecule has 2 heterocycles. The van der Waals surface area contributed by atoms with Gasteiger partial charge in [-0.05, 0) is 48.2 Å². The van der Waals surface area contributed by atoms with Crippen molar-refractivity contribution < 1.29 is 4.42 Å². The van der Waals surface area contributed by atoms with E-state index in [0.29, 0.717) is 23.3 Å². The molecule has 0 aliphatic heterocycles. The van der Waals surface area contributed by atoms with Crippen molar-refractivity contribution in [1.82, 2.24) is 15.5 Å². The van der Waals surface area contributed by atoms with Crippen LogP contribution >= 0.6 is 22.9 Å². The van der Waals surface area contributed by atoms with Crippen molar-refractivity contribution in [3.05, 3.63) is 93.0 Å². The van der Waals surface area contributed by atoms with Gasteiger partial charge in [0.05, 0.1) is 12.6 Å². The predicted octanol–water partition coefficient (Wildman–Crippen LogP) is 5.64. The molecule has 0 aliphatic carbocycles. The molecular weight excluding hydrogens is 378 g/mol. The Kier molecular flexibility index (Phi) is 5.34. The van der Waals surface area contributed by atoms with Crippen LogP contribution in [0, 0.1) is 6.92 Å². The summed E-state index contributed by atoms with van der Waals surface area (Å²) < 4.78 is 5.81. The van der Waals surface area contributed by atoms with Crippen LogP contribution in [0.15, 0.2) is 70.5 Å². The molecule has 0 saturated carbocycles. The summed E-state index contributed by atoms with van der Waals surface area (Å²) in [6.07, 6.45) is 0. The molecule has 1 atom stereocenters. The Morgan fingerprint density at radius 2 is 1.81 bits per heavy atom. The second-order valence-electron chi connectivity index (χ2n) is 6.25. The van der Waals surface area contributed by atoms with Gasteiger partial charge in [-0.3, -0.25) is 5.32 Å². The lowest BCUT2D eigenvalue weighted by Crippen LogP contribution is -2.21. The van der Waals surface area contributed by atoms with E-state index in [4.69, 9.17) is 16.0 Å². The third-order valence-corrected chi connectivity index (χ3v) is 5.44. The van der Waals surface area contributed by atoms with Crippen LogP contribution in [0.5, 0.6) is 0 Å². The standard InChI is InChI=1S/C21H18ClN3OS/c1-14-4-6-15(7-5-14)20(18-3-2-12-27-18)23-13-19-24-25-21(26-19)16-8-10-17(22)11-9-16/h2-12,20,23H,13H2,1H3/t20-/m1/s1. The summed E-state index contributed by atoms with van der Waals surface area (Å²) in [6, 6.07) is 20.2. The minimum Gasteiger partial charge on any atom is -0.419 e. The average molecular weight is 396 g/mol. The molecule has 0 bridgehead atoms. The second kappa shape index (κ2) is 8.05. The zero-order valence-electron chi connectivity index (χ0n) is 14.7. The quantitative estimate of drug-likeness (QED) is 0.459. The fourth-order valence-electron chi connectivity index (χ4n) is 2.82. The van der Waals surface area contributed by atoms with E-state index in [1.165, 1.54) is 16.0 Å². The summed E-state index contributed by atoms with van der Waals surface area (Å²) in [5, 5.41) is 14.6. The monoisotopic (exact) mass is 395 g/mol. The van der Waals surface area contributed by atoms with Crippen molar-refractivity contribution in [1.29, 1.82) is 0 Å². The lowest BCUT2D eigenvalue weighted by Gasteiger charge is -2.17. The van der Waals surface area contributed by atoms with Crippen LogP contribution in [0.25, 0.3) is 11.5 Å². The van der Waals surface area contributed by atoms with Crippen LogP contribution in [0.4, 0.5) is 0 Å². The molecule has 1 N–H and O–H groups in total. The highest BCUT2D eigenvalue weighted by Gasteiger charge is 2.16. The molecule has 4 nitrogen and oxygen atoms in total. The van der Waals surface area contributed by atoms with Gasteiger partial charge >= 0.3 is 0 Å². The SMILES string of the molecule is Cc1ccc([C@@H](NCc2nnc(-c3ccc(Cl)cc3)o2)c2cccs2)cc1. The van der Waals surface area contributed by atoms with E-state index in [1.54, 1.807) is 11.3 Å². The predicted molar refractivity (Wildman–Crippen MR) is 109 cm³/mol. The number of aryl methyl sites for hydroxylation is 1. The Morgan fingerprint density at radius 3 is 2.52 bits per heavy atom. The van der Waals surface area contributed by atoms with E-state index in [0.717, 1.165) is 5.56 Å². The smallest absolute Gasteiger partial charge is 0.247 e. The highest BCUT2D eigenvalue weighted by Crippen LogP contribution is 2.27. The molecular formula is C21H18ClN3OS. The molecule has 0 amide bonds. The zero-order chi connectivity index (χ0) is 18.6. The van der Waals surface area contributed by atoms with Gasteiger partial charge in [0, 0.05) is 15.5 Å². The molecule has 2 aromatic carbocycles. The number of hydrogen-bond donors (Lipinski definition) is 1. The summed E-state index contributed by atoms with van der Waals surface area (Å²) in [5.41, 5.74) is 3.31. The Bertz CT molecular complexity index is 995. The first kappa shape index (κ1) is 17.9. The average Bonchev–Trinajstić information content (AvgIpc) is 3.36. The maximum atomic E-state index is 5.93. The number of hydrogen-bond acceptors (Lipinski definition) is 5. The van der Waals surface area contributed by atoms with E-state index < -0.39 is 0 Å². The lowest BCUT2D eigenvalue weighted by atomic mass is 10.0. The molecule has 0 aliphatic rings. The molecule has 0 fully saturated rings. The number of aromatic nitrogens is 2. The van der Waals surface area contributed by atoms with Crippen LogP contribution in [-0.2, 0) is 6.54 Å². The van der Waals surface area contributed by atoms with Gasteiger partial charge in [-0.2, -0.15) is 0 Å². The Labute approximate surface area is 166 Å². The third-order valence-electron chi connectivity index (χ3n) is 4.25. The fourth-order valence-corrected chi connectivity index (χ4v) is 3.77. The first-order valence-electron chi connectivity index (χ1n) is 8.61. The molecule has 136 valence electrons. The normalized spacial score (nSPS) is 12.2. The summed E-state index contributed by atoms with van der Waals surface area (Å²) in [6.45, 7) is 2.57. The molecule has 0 radical (unpaired) electrons. The fraction of sp³-hybridized carbons (Fsp3) is 0.143. The van der Waals surface area contributed by atoms with Crippen molar-refractivity contribution in [2.24, 2.45) is 0 Å². The van der Waals surface area contributed by atoms with Gasteiger partial charge in [-0.25, -0.2) is 0 Å². The molecule has 0 spiro atoms. The molecule has 4 rings (SSSR count). The second-order valence-corrected chi connectivity index (χ2v) is 7.66. The third kappa shape index (κ3) is 4.27. The summed E-state index contributed by atoms with van der Waals surface area (Å²) in [4.78, 5) is 1.25. The molecule has 0 saturated heterocycles. The van der Waals surface area contributed by atoms with E-state index in [-0.39, 0.29) is 6.04 Å². The van der Waals surface area contributed by atoms with E-state index in [2.05, 4.69) is 64.2 Å². The van der Waals surface area contributed by atoms with Crippen molar-refractivity contribution in [3.8, 4) is 11.5 Å². The topological polar surface area (TPSA) is 51.0 Å². The largest absolute Gasteiger partial charge is 0.419 e. The minimum atomic E-state index is 0.0801. The van der Waals surface area contributed by atoms with E-state index in [1.807, 2.05) is 24.3 Å². The first-order valence-corrected chi connectivity index (χ1v) is 9.86. The van der Waals surface area contributed by atoms with Crippen LogP contribution < -0.4 is 5.32 Å². The maximum Gasteiger partial charge on any atom is 0.247 e. The van der Waals surface area contributed by atoms with Gasteiger partial charge < -0.3 is 4.42 Å². The van der Waals surface area contributed by atoms with Crippen molar-refractivity contribution in [2.45, 2.75) is 19.5 Å². The van der Waals surface area contributed by atoms with Gasteiger partial charge in [-0.15, -0.1) is 21.5 Å². The number of thiophene rings is 1. The molecule has 6 heteroatoms. The van der Waals surface area contributed by atoms with Crippen molar-refractivity contribution in [3.63, 3.8) is 0 Å². The van der Waals surface area contributed by atoms with Crippen molar-refractivity contribution in [2.75, 3.05) is 0 Å². The first-order chi connectivity index (χ1) is 13.2. The maximum absolute atomic E-state index is 5.93. The Balaban J connectivity index is 1.51.